The first-order chi connectivity index (χ1) is 9.58. The van der Waals surface area contributed by atoms with Crippen LogP contribution in [0.15, 0.2) is 36.7 Å². The molecular weight excluding hydrogens is 274 g/mol. The Bertz CT molecular complexity index is 554. The number of halogens is 1. The minimum Gasteiger partial charge on any atom is -0.364 e. The molecular formula is C15H20ClN3O. The molecule has 0 bridgehead atoms. The number of hydrogen-bond donors (Lipinski definition) is 0. The molecule has 0 aliphatic heterocycles. The number of nitrogens with zero attached hydrogens (tertiary/aromatic N) is 3. The van der Waals surface area contributed by atoms with Crippen molar-refractivity contribution in [3.8, 4) is 0 Å². The van der Waals surface area contributed by atoms with Crippen LogP contribution in [0.1, 0.15) is 17.5 Å². The molecule has 108 valence electrons. The number of imidazole rings is 1. The molecule has 1 heterocycles. The van der Waals surface area contributed by atoms with Gasteiger partial charge in [-0.05, 0) is 31.8 Å². The Kier molecular flexibility index (Phi) is 5.17. The molecule has 1 aromatic carbocycles. The van der Waals surface area contributed by atoms with Crippen molar-refractivity contribution in [3.63, 3.8) is 0 Å². The highest BCUT2D eigenvalue weighted by Crippen LogP contribution is 2.26. The third kappa shape index (κ3) is 3.82. The minimum absolute atomic E-state index is 0.200. The zero-order valence-electron chi connectivity index (χ0n) is 12.1. The van der Waals surface area contributed by atoms with E-state index in [9.17, 15) is 0 Å². The fourth-order valence-corrected chi connectivity index (χ4v) is 2.17. The summed E-state index contributed by atoms with van der Waals surface area (Å²) in [5.74, 6) is 0.881. The average Bonchev–Trinajstić information content (AvgIpc) is 2.80. The zero-order chi connectivity index (χ0) is 14.5. The largest absolute Gasteiger partial charge is 0.364 e. The molecule has 0 N–H and O–H groups in total. The summed E-state index contributed by atoms with van der Waals surface area (Å²) in [4.78, 5) is 6.49. The summed E-state index contributed by atoms with van der Waals surface area (Å²) in [7, 11) is 6.02. The number of hydrogen-bond acceptors (Lipinski definition) is 3. The molecule has 4 nitrogen and oxygen atoms in total. The average molecular weight is 294 g/mol. The highest BCUT2D eigenvalue weighted by atomic mass is 35.5. The van der Waals surface area contributed by atoms with Gasteiger partial charge in [-0.15, -0.1) is 0 Å². The van der Waals surface area contributed by atoms with E-state index in [2.05, 4.69) is 9.88 Å². The van der Waals surface area contributed by atoms with Gasteiger partial charge in [0.2, 0.25) is 0 Å². The lowest BCUT2D eigenvalue weighted by atomic mass is 10.1. The van der Waals surface area contributed by atoms with Crippen LogP contribution < -0.4 is 0 Å². The van der Waals surface area contributed by atoms with E-state index in [1.807, 2.05) is 56.2 Å². The summed E-state index contributed by atoms with van der Waals surface area (Å²) in [6, 6.07) is 7.74. The van der Waals surface area contributed by atoms with Gasteiger partial charge in [0.25, 0.3) is 0 Å². The van der Waals surface area contributed by atoms with Crippen molar-refractivity contribution in [1.29, 1.82) is 0 Å². The number of ether oxygens (including phenoxy) is 1. The van der Waals surface area contributed by atoms with Crippen molar-refractivity contribution in [1.82, 2.24) is 14.5 Å². The molecule has 0 spiro atoms. The molecule has 5 heteroatoms. The Morgan fingerprint density at radius 3 is 2.80 bits per heavy atom. The molecule has 1 atom stereocenters. The van der Waals surface area contributed by atoms with E-state index < -0.39 is 0 Å². The molecule has 0 radical (unpaired) electrons. The number of likely N-dealkylation sites (N-methyl/N-ethyl adjacent to an activating group) is 1. The number of rotatable bonds is 6. The van der Waals surface area contributed by atoms with Crippen LogP contribution in [0.4, 0.5) is 0 Å². The highest BCUT2D eigenvalue weighted by molar-refractivity contribution is 6.30. The van der Waals surface area contributed by atoms with Gasteiger partial charge in [-0.1, -0.05) is 23.7 Å². The van der Waals surface area contributed by atoms with Crippen molar-refractivity contribution in [2.75, 3.05) is 27.2 Å². The molecule has 0 saturated carbocycles. The zero-order valence-corrected chi connectivity index (χ0v) is 12.8. The van der Waals surface area contributed by atoms with Crippen molar-refractivity contribution >= 4 is 11.6 Å². The molecule has 0 aliphatic carbocycles. The van der Waals surface area contributed by atoms with Gasteiger partial charge < -0.3 is 14.2 Å². The second-order valence-corrected chi connectivity index (χ2v) is 5.44. The van der Waals surface area contributed by atoms with Crippen LogP contribution in [0.5, 0.6) is 0 Å². The van der Waals surface area contributed by atoms with Gasteiger partial charge in [0, 0.05) is 31.0 Å². The van der Waals surface area contributed by atoms with Crippen molar-refractivity contribution in [3.05, 3.63) is 53.1 Å². The Balaban J connectivity index is 2.22. The van der Waals surface area contributed by atoms with Crippen molar-refractivity contribution in [2.24, 2.45) is 7.05 Å². The quantitative estimate of drug-likeness (QED) is 0.820. The van der Waals surface area contributed by atoms with Gasteiger partial charge in [-0.3, -0.25) is 0 Å². The Labute approximate surface area is 124 Å². The molecule has 20 heavy (non-hydrogen) atoms. The van der Waals surface area contributed by atoms with Crippen LogP contribution in [0.25, 0.3) is 0 Å². The van der Waals surface area contributed by atoms with E-state index in [1.54, 1.807) is 6.20 Å². The monoisotopic (exact) mass is 293 g/mol. The molecule has 2 aromatic rings. The summed E-state index contributed by atoms with van der Waals surface area (Å²) in [6.07, 6.45) is 3.50. The SMILES string of the molecule is CN(C)CCOC(c1cccc(Cl)c1)c1nccn1C. The van der Waals surface area contributed by atoms with Gasteiger partial charge in [-0.2, -0.15) is 0 Å². The van der Waals surface area contributed by atoms with E-state index >= 15 is 0 Å². The molecule has 0 amide bonds. The fraction of sp³-hybridized carbons (Fsp3) is 0.400. The van der Waals surface area contributed by atoms with Crippen LogP contribution in [-0.2, 0) is 11.8 Å². The van der Waals surface area contributed by atoms with Crippen LogP contribution >= 0.6 is 11.6 Å². The maximum atomic E-state index is 6.08. The first-order valence-electron chi connectivity index (χ1n) is 6.57. The maximum Gasteiger partial charge on any atom is 0.142 e. The number of aryl methyl sites for hydroxylation is 1. The van der Waals surface area contributed by atoms with E-state index in [4.69, 9.17) is 16.3 Å². The van der Waals surface area contributed by atoms with Crippen LogP contribution in [0, 0.1) is 0 Å². The third-order valence-electron chi connectivity index (χ3n) is 3.07. The lowest BCUT2D eigenvalue weighted by molar-refractivity contribution is 0.0618. The second-order valence-electron chi connectivity index (χ2n) is 5.01. The number of aromatic nitrogens is 2. The predicted octanol–water partition coefficient (Wildman–Crippen LogP) is 2.74. The van der Waals surface area contributed by atoms with Gasteiger partial charge in [0.15, 0.2) is 0 Å². The Morgan fingerprint density at radius 1 is 1.40 bits per heavy atom. The predicted molar refractivity (Wildman–Crippen MR) is 81.0 cm³/mol. The first-order valence-corrected chi connectivity index (χ1v) is 6.94. The minimum atomic E-state index is -0.200. The maximum absolute atomic E-state index is 6.08. The van der Waals surface area contributed by atoms with E-state index in [-0.39, 0.29) is 6.10 Å². The smallest absolute Gasteiger partial charge is 0.142 e. The lowest BCUT2D eigenvalue weighted by Crippen LogP contribution is -2.21. The molecule has 0 fully saturated rings. The van der Waals surface area contributed by atoms with Crippen LogP contribution in [0.2, 0.25) is 5.02 Å². The third-order valence-corrected chi connectivity index (χ3v) is 3.30. The molecule has 1 unspecified atom stereocenters. The van der Waals surface area contributed by atoms with Gasteiger partial charge in [0.05, 0.1) is 6.61 Å². The normalized spacial score (nSPS) is 12.8. The van der Waals surface area contributed by atoms with Gasteiger partial charge in [0.1, 0.15) is 11.9 Å². The number of benzene rings is 1. The van der Waals surface area contributed by atoms with Crippen LogP contribution in [-0.4, -0.2) is 41.7 Å². The molecule has 2 rings (SSSR count). The molecule has 0 aliphatic rings. The van der Waals surface area contributed by atoms with Crippen molar-refractivity contribution < 1.29 is 4.74 Å². The summed E-state index contributed by atoms with van der Waals surface area (Å²) >= 11 is 6.08. The van der Waals surface area contributed by atoms with E-state index in [0.717, 1.165) is 17.9 Å². The van der Waals surface area contributed by atoms with E-state index in [0.29, 0.717) is 11.6 Å². The summed E-state index contributed by atoms with van der Waals surface area (Å²) in [5.41, 5.74) is 1.02. The van der Waals surface area contributed by atoms with E-state index in [1.165, 1.54) is 0 Å². The topological polar surface area (TPSA) is 30.3 Å². The molecule has 1 aromatic heterocycles. The Morgan fingerprint density at radius 2 is 2.20 bits per heavy atom. The van der Waals surface area contributed by atoms with Gasteiger partial charge in [-0.25, -0.2) is 4.98 Å². The fourth-order valence-electron chi connectivity index (χ4n) is 1.97. The summed E-state index contributed by atoms with van der Waals surface area (Å²) in [6.45, 7) is 1.50. The van der Waals surface area contributed by atoms with Crippen molar-refractivity contribution in [2.45, 2.75) is 6.10 Å². The standard InChI is InChI=1S/C15H20ClN3O/c1-18(2)9-10-20-14(15-17-7-8-19(15)3)12-5-4-6-13(16)11-12/h4-8,11,14H,9-10H2,1-3H3. The first kappa shape index (κ1) is 15.0. The highest BCUT2D eigenvalue weighted by Gasteiger charge is 2.19. The van der Waals surface area contributed by atoms with Gasteiger partial charge >= 0.3 is 0 Å². The second kappa shape index (κ2) is 6.88. The van der Waals surface area contributed by atoms with Crippen LogP contribution in [0.3, 0.4) is 0 Å². The molecule has 0 saturated heterocycles. The summed E-state index contributed by atoms with van der Waals surface area (Å²) in [5, 5.41) is 0.706. The Hall–Kier alpha value is -1.36. The summed E-state index contributed by atoms with van der Waals surface area (Å²) < 4.78 is 8.01. The lowest BCUT2D eigenvalue weighted by Gasteiger charge is -2.20.